The van der Waals surface area contributed by atoms with Gasteiger partial charge in [-0.25, -0.2) is 19.6 Å². The Morgan fingerprint density at radius 3 is 2.18 bits per heavy atom. The van der Waals surface area contributed by atoms with E-state index in [1.807, 2.05) is 4.57 Å². The first-order valence-electron chi connectivity index (χ1n) is 20.8. The van der Waals surface area contributed by atoms with Gasteiger partial charge in [-0.1, -0.05) is 126 Å². The maximum Gasteiger partial charge on any atom is 0.259 e. The van der Waals surface area contributed by atoms with Crippen molar-refractivity contribution < 1.29 is 27.7 Å². The fourth-order valence-electron chi connectivity index (χ4n) is 9.96. The van der Waals surface area contributed by atoms with Gasteiger partial charge in [0.05, 0.1) is 18.5 Å². The quantitative estimate of drug-likeness (QED) is 0.0676. The Balaban J connectivity index is 1.20. The highest BCUT2D eigenvalue weighted by atomic mass is 31.2. The van der Waals surface area contributed by atoms with Gasteiger partial charge < -0.3 is 28.3 Å². The van der Waals surface area contributed by atoms with Gasteiger partial charge in [0, 0.05) is 19.5 Å². The molecule has 0 radical (unpaired) electrons. The van der Waals surface area contributed by atoms with Crippen LogP contribution in [0.15, 0.2) is 73.3 Å². The van der Waals surface area contributed by atoms with Crippen LogP contribution < -0.4 is 15.7 Å². The average Bonchev–Trinajstić information content (AvgIpc) is 3.98. The van der Waals surface area contributed by atoms with E-state index >= 15 is 0 Å². The van der Waals surface area contributed by atoms with Gasteiger partial charge in [0.2, 0.25) is 14.2 Å². The lowest BCUT2D eigenvalue weighted by atomic mass is 10.1. The molecule has 4 aromatic rings. The van der Waals surface area contributed by atoms with Crippen LogP contribution in [0.4, 0.5) is 5.82 Å². The first-order valence-corrected chi connectivity index (χ1v) is 26.7. The van der Waals surface area contributed by atoms with Crippen LogP contribution in [0.3, 0.4) is 0 Å². The summed E-state index contributed by atoms with van der Waals surface area (Å²) < 4.78 is 39.6. The Hall–Kier alpha value is -2.92. The molecule has 1 N–H and O–H groups in total. The van der Waals surface area contributed by atoms with Crippen molar-refractivity contribution in [3.63, 3.8) is 0 Å². The van der Waals surface area contributed by atoms with Gasteiger partial charge in [0.1, 0.15) is 33.4 Å². The number of hydrogen-bond acceptors (Lipinski definition) is 10. The molecule has 0 bridgehead atoms. The zero-order valence-electron chi connectivity index (χ0n) is 35.0. The lowest BCUT2D eigenvalue weighted by Crippen LogP contribution is -2.58. The third-order valence-corrected chi connectivity index (χ3v) is 24.9. The number of carbonyl (C=O) groups is 1. The Kier molecular flexibility index (Phi) is 13.1. The van der Waals surface area contributed by atoms with Crippen LogP contribution in [0.2, 0.25) is 29.2 Å². The van der Waals surface area contributed by atoms with Gasteiger partial charge in [-0.15, -0.1) is 0 Å². The zero-order valence-corrected chi connectivity index (χ0v) is 37.9. The number of carbonyl (C=O) groups excluding carboxylic acids is 1. The summed E-state index contributed by atoms with van der Waals surface area (Å²) in [6.07, 6.45) is 4.11. The largest absolute Gasteiger partial charge is 0.394 e. The second kappa shape index (κ2) is 17.7. The Labute approximate surface area is 341 Å². The van der Waals surface area contributed by atoms with Crippen LogP contribution in [0.25, 0.3) is 11.2 Å². The summed E-state index contributed by atoms with van der Waals surface area (Å²) in [5.74, 6) is 0.113. The van der Waals surface area contributed by atoms with Gasteiger partial charge in [0.15, 0.2) is 23.2 Å². The minimum atomic E-state index is -2.26. The van der Waals surface area contributed by atoms with Gasteiger partial charge in [-0.05, 0) is 41.9 Å². The van der Waals surface area contributed by atoms with E-state index in [4.69, 9.17) is 22.9 Å². The molecule has 2 aromatic carbocycles. The van der Waals surface area contributed by atoms with Crippen molar-refractivity contribution >= 4 is 58.2 Å². The van der Waals surface area contributed by atoms with Crippen molar-refractivity contribution in [3.05, 3.63) is 73.3 Å². The molecule has 0 spiro atoms. The second-order valence-electron chi connectivity index (χ2n) is 17.0. The van der Waals surface area contributed by atoms with Crippen molar-refractivity contribution in [3.8, 4) is 0 Å². The highest BCUT2D eigenvalue weighted by Crippen LogP contribution is 2.59. The molecule has 308 valence electrons. The van der Waals surface area contributed by atoms with Gasteiger partial charge in [-0.3, -0.25) is 9.36 Å². The zero-order chi connectivity index (χ0) is 40.5. The fraction of sp³-hybridized carbons (Fsp3) is 0.571. The smallest absolute Gasteiger partial charge is 0.259 e. The van der Waals surface area contributed by atoms with E-state index in [2.05, 4.69) is 141 Å². The molecule has 57 heavy (non-hydrogen) atoms. The minimum absolute atomic E-state index is 0.0350. The lowest BCUT2D eigenvalue weighted by Gasteiger charge is -2.42. The highest BCUT2D eigenvalue weighted by molar-refractivity contribution is 7.45. The molecule has 1 unspecified atom stereocenters. The third-order valence-electron chi connectivity index (χ3n) is 12.7. The number of hydrogen-bond donors (Lipinski definition) is 1. The standard InChI is InChI=1S/C42H61N6O6PSi2/c1-10-35-38(54-55-48-23-17-22-34(48)36(53-55)24-56(9,32-18-13-11-14-19-32)33-20-15-12-16-21-33)39(50-27-51-57(28(2)3,29(4)5)30(6)7)42(52-35)47-26-45-37-40(46-31(8)49)43-25-44-41(37)47/h11-16,18-21,25-26,28-30,34-36,38-39,42H,10,17,22-24,27H2,1-9H3,(H,43,44,46,49)/t34-,35-,36+,38?,39+,42-,55+/m1/s1. The normalized spacial score (nSPS) is 25.6. The van der Waals surface area contributed by atoms with Crippen LogP contribution in [0.5, 0.6) is 0 Å². The van der Waals surface area contributed by atoms with Crippen molar-refractivity contribution in [1.29, 1.82) is 0 Å². The summed E-state index contributed by atoms with van der Waals surface area (Å²) in [7, 11) is -5.86. The van der Waals surface area contributed by atoms with E-state index in [0.29, 0.717) is 40.0 Å². The number of rotatable bonds is 16. The van der Waals surface area contributed by atoms with Gasteiger partial charge in [0.25, 0.3) is 8.53 Å². The molecule has 2 aromatic heterocycles. The molecule has 0 saturated carbocycles. The lowest BCUT2D eigenvalue weighted by molar-refractivity contribution is -0.114. The van der Waals surface area contributed by atoms with Gasteiger partial charge in [-0.2, -0.15) is 0 Å². The summed E-state index contributed by atoms with van der Waals surface area (Å²) in [6.45, 7) is 20.8. The number of amides is 1. The molecule has 15 heteroatoms. The molecule has 3 aliphatic rings. The number of aromatic nitrogens is 4. The van der Waals surface area contributed by atoms with E-state index in [1.165, 1.54) is 23.6 Å². The molecule has 1 amide bonds. The Morgan fingerprint density at radius 1 is 0.930 bits per heavy atom. The molecule has 3 fully saturated rings. The monoisotopic (exact) mass is 832 g/mol. The van der Waals surface area contributed by atoms with Crippen LogP contribution in [0.1, 0.15) is 80.9 Å². The van der Waals surface area contributed by atoms with Crippen molar-refractivity contribution in [2.24, 2.45) is 0 Å². The number of imidazole rings is 1. The predicted octanol–water partition coefficient (Wildman–Crippen LogP) is 8.00. The van der Waals surface area contributed by atoms with E-state index in [0.717, 1.165) is 25.4 Å². The summed E-state index contributed by atoms with van der Waals surface area (Å²) in [5.41, 5.74) is 2.20. The number of nitrogens with zero attached hydrogens (tertiary/aromatic N) is 5. The van der Waals surface area contributed by atoms with E-state index in [9.17, 15) is 4.79 Å². The number of ether oxygens (including phenoxy) is 2. The van der Waals surface area contributed by atoms with E-state index in [-0.39, 0.29) is 30.9 Å². The Morgan fingerprint density at radius 2 is 1.58 bits per heavy atom. The molecular formula is C42H61N6O6PSi2. The summed E-state index contributed by atoms with van der Waals surface area (Å²) in [6, 6.07) is 23.3. The predicted molar refractivity (Wildman–Crippen MR) is 231 cm³/mol. The first kappa shape index (κ1) is 42.2. The molecule has 3 saturated heterocycles. The maximum absolute atomic E-state index is 12.0. The number of anilines is 1. The van der Waals surface area contributed by atoms with Crippen LogP contribution in [0, 0.1) is 0 Å². The number of nitrogens with one attached hydrogen (secondary N) is 1. The second-order valence-corrected chi connectivity index (χ2v) is 28.1. The molecule has 3 aliphatic heterocycles. The van der Waals surface area contributed by atoms with E-state index < -0.39 is 43.4 Å². The molecule has 12 nitrogen and oxygen atoms in total. The summed E-state index contributed by atoms with van der Waals surface area (Å²) in [4.78, 5) is 25.6. The number of benzene rings is 2. The first-order chi connectivity index (χ1) is 27.4. The maximum atomic E-state index is 12.0. The molecule has 0 aliphatic carbocycles. The van der Waals surface area contributed by atoms with Crippen molar-refractivity contribution in [2.45, 2.75) is 141 Å². The molecular weight excluding hydrogens is 772 g/mol. The van der Waals surface area contributed by atoms with E-state index in [1.54, 1.807) is 6.33 Å². The summed E-state index contributed by atoms with van der Waals surface area (Å²) in [5, 5.41) is 5.61. The SMILES string of the molecule is CC[C@H]1O[C@@H](n2cnc3c(NC(C)=O)ncnc32)[C@@H](OCO[Si](C(C)C)(C(C)C)C(C)C)C1O[P@]1O[C@@H](C[Si](C)(c2ccccc2)c2ccccc2)[C@H]2CCCN21. The van der Waals surface area contributed by atoms with Crippen molar-refractivity contribution in [2.75, 3.05) is 18.7 Å². The van der Waals surface area contributed by atoms with Crippen molar-refractivity contribution in [1.82, 2.24) is 24.2 Å². The minimum Gasteiger partial charge on any atom is -0.394 e. The summed E-state index contributed by atoms with van der Waals surface area (Å²) >= 11 is 0. The number of fused-ring (bicyclic) bond motifs is 2. The Bertz CT molecular complexity index is 1900. The average molecular weight is 833 g/mol. The van der Waals surface area contributed by atoms with Crippen LogP contribution in [-0.2, 0) is 27.7 Å². The van der Waals surface area contributed by atoms with Crippen LogP contribution in [-0.4, -0.2) is 90.3 Å². The molecule has 5 heterocycles. The highest BCUT2D eigenvalue weighted by Gasteiger charge is 2.55. The fourth-order valence-corrected chi connectivity index (χ4v) is 21.2. The van der Waals surface area contributed by atoms with Gasteiger partial charge >= 0.3 is 0 Å². The molecule has 7 atom stereocenters. The topological polar surface area (TPSA) is 122 Å². The molecule has 7 rings (SSSR count). The van der Waals surface area contributed by atoms with Crippen LogP contribution >= 0.6 is 8.53 Å². The third kappa shape index (κ3) is 8.19.